The first-order valence-corrected chi connectivity index (χ1v) is 32.9. The molecule has 1 N–H and O–H groups in total. The highest BCUT2D eigenvalue weighted by Crippen LogP contribution is 2.42. The number of aryl methyl sites for hydroxylation is 2. The van der Waals surface area contributed by atoms with Gasteiger partial charge in [0.15, 0.2) is 5.78 Å². The monoisotopic (exact) mass is 1210 g/mol. The number of carbonyl (C=O) groups is 7. The SMILES string of the molecule is Cc1ccc(-c2csc([C@@H]3CCCN3C(=O)[C@@H](CC(=O)[C@H](C)N(C)C(=O)OC(C)(C)C)C3CCCCC3)n2)c2ccccc12.Cc1cccc(C(=O)c2csc(C3CCCN3C(=O)[C@@H](NC(=O)[C@H](C)N(C)C(=O)OC(C)(C)C)C3CCCCC3)n2)c1. The van der Waals surface area contributed by atoms with E-state index >= 15 is 0 Å². The van der Waals surface area contributed by atoms with Crippen molar-refractivity contribution < 1.29 is 43.0 Å². The number of likely N-dealkylation sites (N-methyl/N-ethyl adjacent to an activating group) is 2. The molecule has 4 heterocycles. The zero-order chi connectivity index (χ0) is 62.2. The van der Waals surface area contributed by atoms with Crippen LogP contribution in [-0.4, -0.2) is 128 Å². The van der Waals surface area contributed by atoms with Crippen LogP contribution in [0.25, 0.3) is 22.0 Å². The van der Waals surface area contributed by atoms with Crippen molar-refractivity contribution >= 4 is 74.9 Å². The molecular formula is C68H91N7O9S2. The molecule has 6 atom stereocenters. The molecule has 2 saturated heterocycles. The van der Waals surface area contributed by atoms with Crippen LogP contribution in [0.15, 0.2) is 71.4 Å². The van der Waals surface area contributed by atoms with E-state index in [9.17, 15) is 33.6 Å². The summed E-state index contributed by atoms with van der Waals surface area (Å²) in [7, 11) is 3.13. The Bertz CT molecular complexity index is 3220. The molecule has 86 heavy (non-hydrogen) atoms. The summed E-state index contributed by atoms with van der Waals surface area (Å²) in [5.74, 6) is -0.865. The van der Waals surface area contributed by atoms with Gasteiger partial charge in [-0.1, -0.05) is 98.7 Å². The highest BCUT2D eigenvalue weighted by molar-refractivity contribution is 7.10. The molecule has 9 rings (SSSR count). The van der Waals surface area contributed by atoms with Gasteiger partial charge in [-0.05, 0) is 155 Å². The van der Waals surface area contributed by atoms with E-state index in [1.54, 1.807) is 64.4 Å². The Balaban J connectivity index is 0.000000224. The summed E-state index contributed by atoms with van der Waals surface area (Å²) >= 11 is 3.02. The third kappa shape index (κ3) is 16.2. The Morgan fingerprint density at radius 1 is 0.628 bits per heavy atom. The summed E-state index contributed by atoms with van der Waals surface area (Å²) in [4.78, 5) is 110. The van der Waals surface area contributed by atoms with Crippen molar-refractivity contribution in [1.82, 2.24) is 34.9 Å². The summed E-state index contributed by atoms with van der Waals surface area (Å²) in [6.07, 6.45) is 12.5. The van der Waals surface area contributed by atoms with E-state index in [0.717, 1.165) is 110 Å². The minimum absolute atomic E-state index is 0.0187. The first-order valence-electron chi connectivity index (χ1n) is 31.2. The number of nitrogens with one attached hydrogen (secondary N) is 1. The number of amides is 5. The molecule has 2 aliphatic carbocycles. The molecule has 0 radical (unpaired) electrons. The molecular weight excluding hydrogens is 1120 g/mol. The van der Waals surface area contributed by atoms with Crippen LogP contribution in [0, 0.1) is 31.6 Å². The Morgan fingerprint density at radius 3 is 1.77 bits per heavy atom. The summed E-state index contributed by atoms with van der Waals surface area (Å²) in [5.41, 5.74) is 3.94. The second-order valence-electron chi connectivity index (χ2n) is 26.3. The average Bonchev–Trinajstić information content (AvgIpc) is 2.60. The lowest BCUT2D eigenvalue weighted by molar-refractivity contribution is -0.142. The summed E-state index contributed by atoms with van der Waals surface area (Å²) in [6.45, 7) is 19.5. The van der Waals surface area contributed by atoms with Crippen LogP contribution < -0.4 is 5.32 Å². The molecule has 1 unspecified atom stereocenters. The van der Waals surface area contributed by atoms with Gasteiger partial charge in [-0.3, -0.25) is 28.9 Å². The van der Waals surface area contributed by atoms with Gasteiger partial charge in [0.05, 0.1) is 23.8 Å². The lowest BCUT2D eigenvalue weighted by Crippen LogP contribution is -2.56. The normalized spacial score (nSPS) is 19.2. The van der Waals surface area contributed by atoms with Crippen molar-refractivity contribution in [2.24, 2.45) is 17.8 Å². The minimum atomic E-state index is -0.817. The number of Topliss-reactive ketones (excluding diaryl/α,β-unsaturated/α-hetero) is 1. The fraction of sp³-hybridized carbons (Fsp3) is 0.574. The number of ketones is 2. The molecule has 4 aliphatic rings. The molecule has 5 aromatic rings. The van der Waals surface area contributed by atoms with Gasteiger partial charge < -0.3 is 29.5 Å². The second-order valence-corrected chi connectivity index (χ2v) is 28.1. The molecule has 16 nitrogen and oxygen atoms in total. The molecule has 5 amide bonds. The molecule has 18 heteroatoms. The maximum atomic E-state index is 14.4. The lowest BCUT2D eigenvalue weighted by atomic mass is 9.76. The van der Waals surface area contributed by atoms with Gasteiger partial charge in [-0.15, -0.1) is 22.7 Å². The van der Waals surface area contributed by atoms with Gasteiger partial charge in [-0.25, -0.2) is 19.6 Å². The first kappa shape index (κ1) is 65.4. The highest BCUT2D eigenvalue weighted by Gasteiger charge is 2.43. The van der Waals surface area contributed by atoms with Crippen molar-refractivity contribution in [2.45, 2.75) is 207 Å². The number of rotatable bonds is 16. The van der Waals surface area contributed by atoms with Gasteiger partial charge in [-0.2, -0.15) is 0 Å². The Labute approximate surface area is 517 Å². The van der Waals surface area contributed by atoms with Gasteiger partial charge in [0.25, 0.3) is 0 Å². The van der Waals surface area contributed by atoms with Crippen LogP contribution in [-0.2, 0) is 28.7 Å². The second kappa shape index (κ2) is 28.5. The number of benzene rings is 3. The Morgan fingerprint density at radius 2 is 1.17 bits per heavy atom. The number of nitrogens with zero attached hydrogens (tertiary/aromatic N) is 6. The average molecular weight is 1210 g/mol. The number of aromatic nitrogens is 2. The Hall–Kier alpha value is -6.53. The smallest absolute Gasteiger partial charge is 0.410 e. The molecule has 0 bridgehead atoms. The number of hydrogen-bond acceptors (Lipinski definition) is 13. The molecule has 2 aromatic heterocycles. The van der Waals surface area contributed by atoms with Gasteiger partial charge in [0, 0.05) is 61.4 Å². The Kier molecular flexibility index (Phi) is 21.7. The van der Waals surface area contributed by atoms with E-state index in [0.29, 0.717) is 24.3 Å². The minimum Gasteiger partial charge on any atom is -0.444 e. The molecule has 4 fully saturated rings. The van der Waals surface area contributed by atoms with Crippen molar-refractivity contribution in [3.05, 3.63) is 104 Å². The lowest BCUT2D eigenvalue weighted by Gasteiger charge is -2.36. The fourth-order valence-corrected chi connectivity index (χ4v) is 14.5. The summed E-state index contributed by atoms with van der Waals surface area (Å²) < 4.78 is 10.9. The van der Waals surface area contributed by atoms with Crippen molar-refractivity contribution in [2.75, 3.05) is 27.2 Å². The zero-order valence-corrected chi connectivity index (χ0v) is 54.4. The molecule has 464 valence electrons. The van der Waals surface area contributed by atoms with E-state index in [-0.39, 0.29) is 59.6 Å². The van der Waals surface area contributed by atoms with Gasteiger partial charge >= 0.3 is 12.2 Å². The van der Waals surface area contributed by atoms with Crippen LogP contribution in [0.5, 0.6) is 0 Å². The zero-order valence-electron chi connectivity index (χ0n) is 52.7. The number of carbonyl (C=O) groups excluding carboxylic acids is 7. The third-order valence-electron chi connectivity index (χ3n) is 17.6. The molecule has 2 aliphatic heterocycles. The van der Waals surface area contributed by atoms with E-state index in [1.807, 2.05) is 55.7 Å². The quantitative estimate of drug-likeness (QED) is 0.0926. The number of ether oxygens (including phenoxy) is 2. The topological polar surface area (TPSA) is 189 Å². The molecule has 3 aromatic carbocycles. The maximum absolute atomic E-state index is 14.4. The highest BCUT2D eigenvalue weighted by atomic mass is 32.1. The van der Waals surface area contributed by atoms with Crippen molar-refractivity contribution in [1.29, 1.82) is 0 Å². The molecule has 2 saturated carbocycles. The van der Waals surface area contributed by atoms with E-state index in [2.05, 4.69) is 54.0 Å². The first-order chi connectivity index (χ1) is 40.8. The van der Waals surface area contributed by atoms with Crippen LogP contribution in [0.3, 0.4) is 0 Å². The molecule has 0 spiro atoms. The van der Waals surface area contributed by atoms with Crippen molar-refractivity contribution in [3.8, 4) is 11.3 Å². The van der Waals surface area contributed by atoms with Crippen LogP contribution in [0.2, 0.25) is 0 Å². The number of thiazole rings is 2. The maximum Gasteiger partial charge on any atom is 0.410 e. The van der Waals surface area contributed by atoms with Crippen LogP contribution in [0.4, 0.5) is 9.59 Å². The standard InChI is InChI=1S/C36H47N3O4S.C32H44N4O5S/c1-23-18-19-28(27-16-11-10-15-26(23)27)30-22-44-33(37-30)31-17-12-20-39(31)34(41)29(25-13-8-7-9-14-25)21-32(40)24(2)38(6)35(42)43-36(3,4)5;1-20-12-10-15-23(18-20)27(37)24-19-42-29(33-24)25-16-11-17-36(25)30(39)26(22-13-8-7-9-14-22)34-28(38)21(2)35(6)31(40)41-32(3,4)5/h10-11,15-16,18-19,22,24-25,29,31H,7-9,12-14,17,20-21H2,1-6H3;10,12,15,18-19,21-22,25-26H,7-9,11,13-14,16-17H2,1-6H3,(H,34,38)/t24-,29-,31-;21-,25?,26-/m00/s1. The third-order valence-corrected chi connectivity index (χ3v) is 19.5. The van der Waals surface area contributed by atoms with E-state index < -0.39 is 47.4 Å². The van der Waals surface area contributed by atoms with Crippen LogP contribution in [0.1, 0.15) is 201 Å². The van der Waals surface area contributed by atoms with Crippen LogP contribution >= 0.6 is 22.7 Å². The van der Waals surface area contributed by atoms with Gasteiger partial charge in [0.2, 0.25) is 23.5 Å². The number of hydrogen-bond donors (Lipinski definition) is 1. The van der Waals surface area contributed by atoms with Gasteiger partial charge in [0.1, 0.15) is 39.0 Å². The van der Waals surface area contributed by atoms with E-state index in [1.165, 1.54) is 50.9 Å². The fourth-order valence-electron chi connectivity index (χ4n) is 12.6. The number of likely N-dealkylation sites (tertiary alicyclic amines) is 2. The summed E-state index contributed by atoms with van der Waals surface area (Å²) in [5, 5.41) is 11.0. The largest absolute Gasteiger partial charge is 0.444 e. The predicted molar refractivity (Wildman–Crippen MR) is 339 cm³/mol. The number of fused-ring (bicyclic) bond motifs is 1. The predicted octanol–water partition coefficient (Wildman–Crippen LogP) is 14.0. The van der Waals surface area contributed by atoms with E-state index in [4.69, 9.17) is 19.4 Å². The summed E-state index contributed by atoms with van der Waals surface area (Å²) in [6, 6.07) is 17.7. The van der Waals surface area contributed by atoms with Crippen molar-refractivity contribution in [3.63, 3.8) is 0 Å².